The fourth-order valence-corrected chi connectivity index (χ4v) is 2.37. The summed E-state index contributed by atoms with van der Waals surface area (Å²) < 4.78 is 21.9. The van der Waals surface area contributed by atoms with Gasteiger partial charge in [0.05, 0.1) is 14.2 Å². The van der Waals surface area contributed by atoms with Crippen molar-refractivity contribution in [2.75, 3.05) is 32.8 Å². The zero-order chi connectivity index (χ0) is 15.4. The summed E-state index contributed by atoms with van der Waals surface area (Å²) in [6, 6.07) is 11.8. The molecular formula is C17H19NO4. The highest BCUT2D eigenvalue weighted by molar-refractivity contribution is 5.55. The molecule has 0 aromatic heterocycles. The summed E-state index contributed by atoms with van der Waals surface area (Å²) in [4.78, 5) is 0. The van der Waals surface area contributed by atoms with E-state index in [-0.39, 0.29) is 0 Å². The predicted octanol–water partition coefficient (Wildman–Crippen LogP) is 3.09. The number of anilines is 1. The summed E-state index contributed by atoms with van der Waals surface area (Å²) in [5.41, 5.74) is 2.05. The van der Waals surface area contributed by atoms with Gasteiger partial charge >= 0.3 is 0 Å². The molecule has 0 fully saturated rings. The Labute approximate surface area is 129 Å². The third-order valence-corrected chi connectivity index (χ3v) is 3.45. The first-order chi connectivity index (χ1) is 10.8. The van der Waals surface area contributed by atoms with Crippen LogP contribution in [0.4, 0.5) is 5.69 Å². The molecule has 1 aliphatic heterocycles. The van der Waals surface area contributed by atoms with E-state index in [1.165, 1.54) is 0 Å². The highest BCUT2D eigenvalue weighted by atomic mass is 16.6. The number of ether oxygens (including phenoxy) is 4. The van der Waals surface area contributed by atoms with E-state index in [1.807, 2.05) is 36.4 Å². The Morgan fingerprint density at radius 1 is 1.05 bits per heavy atom. The lowest BCUT2D eigenvalue weighted by molar-refractivity contribution is 0.165. The molecule has 0 radical (unpaired) electrons. The molecule has 0 saturated heterocycles. The number of hydrogen-bond donors (Lipinski definition) is 1. The Kier molecular flexibility index (Phi) is 4.23. The van der Waals surface area contributed by atoms with Gasteiger partial charge in [-0.15, -0.1) is 0 Å². The molecule has 0 bridgehead atoms. The van der Waals surface area contributed by atoms with Crippen LogP contribution >= 0.6 is 0 Å². The van der Waals surface area contributed by atoms with Crippen LogP contribution in [0.1, 0.15) is 5.56 Å². The maximum atomic E-state index is 5.64. The second-order valence-corrected chi connectivity index (χ2v) is 4.91. The summed E-state index contributed by atoms with van der Waals surface area (Å²) >= 11 is 0. The van der Waals surface area contributed by atoms with Crippen LogP contribution in [0.25, 0.3) is 0 Å². The molecule has 3 rings (SSSR count). The minimum absolute atomic E-state index is 0.546. The van der Waals surface area contributed by atoms with E-state index in [1.54, 1.807) is 14.2 Å². The number of nitrogens with one attached hydrogen (secondary N) is 1. The van der Waals surface area contributed by atoms with Crippen LogP contribution in [0.3, 0.4) is 0 Å². The van der Waals surface area contributed by atoms with Crippen LogP contribution in [-0.4, -0.2) is 27.4 Å². The molecule has 116 valence electrons. The van der Waals surface area contributed by atoms with Crippen molar-refractivity contribution >= 4 is 5.69 Å². The Balaban J connectivity index is 1.77. The molecule has 1 heterocycles. The minimum atomic E-state index is 0.546. The van der Waals surface area contributed by atoms with Gasteiger partial charge in [0.1, 0.15) is 19.0 Å². The van der Waals surface area contributed by atoms with Gasteiger partial charge in [-0.3, -0.25) is 0 Å². The third-order valence-electron chi connectivity index (χ3n) is 3.45. The average molecular weight is 301 g/mol. The third kappa shape index (κ3) is 3.03. The molecule has 0 amide bonds. The molecule has 2 aromatic carbocycles. The van der Waals surface area contributed by atoms with Crippen molar-refractivity contribution in [2.45, 2.75) is 6.54 Å². The van der Waals surface area contributed by atoms with Gasteiger partial charge in [-0.1, -0.05) is 6.07 Å². The van der Waals surface area contributed by atoms with E-state index < -0.39 is 0 Å². The minimum Gasteiger partial charge on any atom is -0.497 e. The van der Waals surface area contributed by atoms with E-state index in [0.717, 1.165) is 22.7 Å². The van der Waals surface area contributed by atoms with E-state index in [2.05, 4.69) is 5.32 Å². The molecule has 0 atom stereocenters. The van der Waals surface area contributed by atoms with Gasteiger partial charge in [0.25, 0.3) is 0 Å². The molecule has 2 aromatic rings. The van der Waals surface area contributed by atoms with Gasteiger partial charge in [0.15, 0.2) is 11.5 Å². The topological polar surface area (TPSA) is 49.0 Å². The van der Waals surface area contributed by atoms with Crippen molar-refractivity contribution in [2.24, 2.45) is 0 Å². The standard InChI is InChI=1S/C17H19NO4/c1-19-14-5-3-4-13(10-14)18-11-12-8-15(20-2)17-16(9-12)21-6-7-22-17/h3-5,8-10,18H,6-7,11H2,1-2H3. The predicted molar refractivity (Wildman–Crippen MR) is 84.3 cm³/mol. The SMILES string of the molecule is COc1cccc(NCc2cc(OC)c3c(c2)OCCO3)c1. The number of methoxy groups -OCH3 is 2. The maximum Gasteiger partial charge on any atom is 0.203 e. The van der Waals surface area contributed by atoms with Crippen molar-refractivity contribution < 1.29 is 18.9 Å². The van der Waals surface area contributed by atoms with E-state index in [9.17, 15) is 0 Å². The van der Waals surface area contributed by atoms with Crippen molar-refractivity contribution in [1.29, 1.82) is 0 Å². The lowest BCUT2D eigenvalue weighted by Gasteiger charge is -2.21. The first kappa shape index (κ1) is 14.4. The molecule has 0 aliphatic carbocycles. The molecule has 1 N–H and O–H groups in total. The van der Waals surface area contributed by atoms with Crippen LogP contribution < -0.4 is 24.3 Å². The van der Waals surface area contributed by atoms with Crippen LogP contribution in [-0.2, 0) is 6.54 Å². The highest BCUT2D eigenvalue weighted by Gasteiger charge is 2.18. The van der Waals surface area contributed by atoms with Gasteiger partial charge < -0.3 is 24.3 Å². The summed E-state index contributed by atoms with van der Waals surface area (Å²) in [6.07, 6.45) is 0. The number of fused-ring (bicyclic) bond motifs is 1. The van der Waals surface area contributed by atoms with Crippen molar-refractivity contribution in [3.05, 3.63) is 42.0 Å². The Hall–Kier alpha value is -2.56. The van der Waals surface area contributed by atoms with Crippen LogP contribution in [0.5, 0.6) is 23.0 Å². The molecule has 0 unspecified atom stereocenters. The quantitative estimate of drug-likeness (QED) is 0.919. The van der Waals surface area contributed by atoms with E-state index in [4.69, 9.17) is 18.9 Å². The Morgan fingerprint density at radius 2 is 1.91 bits per heavy atom. The largest absolute Gasteiger partial charge is 0.497 e. The Morgan fingerprint density at radius 3 is 2.73 bits per heavy atom. The summed E-state index contributed by atoms with van der Waals surface area (Å²) in [5, 5.41) is 3.36. The zero-order valence-corrected chi connectivity index (χ0v) is 12.7. The normalized spacial score (nSPS) is 12.6. The van der Waals surface area contributed by atoms with Gasteiger partial charge in [0.2, 0.25) is 5.75 Å². The lowest BCUT2D eigenvalue weighted by Crippen LogP contribution is -2.16. The smallest absolute Gasteiger partial charge is 0.203 e. The highest BCUT2D eigenvalue weighted by Crippen LogP contribution is 2.40. The van der Waals surface area contributed by atoms with Gasteiger partial charge in [0, 0.05) is 18.3 Å². The first-order valence-electron chi connectivity index (χ1n) is 7.14. The molecule has 0 spiro atoms. The first-order valence-corrected chi connectivity index (χ1v) is 7.14. The summed E-state index contributed by atoms with van der Waals surface area (Å²) in [5.74, 6) is 2.93. The monoisotopic (exact) mass is 301 g/mol. The molecule has 22 heavy (non-hydrogen) atoms. The Bertz CT molecular complexity index is 640. The van der Waals surface area contributed by atoms with Crippen LogP contribution in [0.15, 0.2) is 36.4 Å². The number of benzene rings is 2. The molecule has 0 saturated carbocycles. The molecular weight excluding hydrogens is 282 g/mol. The van der Waals surface area contributed by atoms with Crippen LogP contribution in [0, 0.1) is 0 Å². The number of hydrogen-bond acceptors (Lipinski definition) is 5. The van der Waals surface area contributed by atoms with Gasteiger partial charge in [-0.25, -0.2) is 0 Å². The van der Waals surface area contributed by atoms with E-state index in [0.29, 0.717) is 31.3 Å². The van der Waals surface area contributed by atoms with Crippen molar-refractivity contribution in [3.8, 4) is 23.0 Å². The van der Waals surface area contributed by atoms with Crippen LogP contribution in [0.2, 0.25) is 0 Å². The average Bonchev–Trinajstić information content (AvgIpc) is 2.59. The molecule has 5 nitrogen and oxygen atoms in total. The lowest BCUT2D eigenvalue weighted by atomic mass is 10.1. The fraction of sp³-hybridized carbons (Fsp3) is 0.294. The second-order valence-electron chi connectivity index (χ2n) is 4.91. The number of rotatable bonds is 5. The maximum absolute atomic E-state index is 5.64. The van der Waals surface area contributed by atoms with Crippen molar-refractivity contribution in [3.63, 3.8) is 0 Å². The molecule has 5 heteroatoms. The second kappa shape index (κ2) is 6.47. The summed E-state index contributed by atoms with van der Waals surface area (Å²) in [6.45, 7) is 1.76. The fourth-order valence-electron chi connectivity index (χ4n) is 2.37. The molecule has 1 aliphatic rings. The summed E-state index contributed by atoms with van der Waals surface area (Å²) in [7, 11) is 3.29. The zero-order valence-electron chi connectivity index (χ0n) is 12.7. The van der Waals surface area contributed by atoms with Gasteiger partial charge in [-0.05, 0) is 29.8 Å². The van der Waals surface area contributed by atoms with Gasteiger partial charge in [-0.2, -0.15) is 0 Å². The van der Waals surface area contributed by atoms with Crippen molar-refractivity contribution in [1.82, 2.24) is 0 Å². The van der Waals surface area contributed by atoms with E-state index >= 15 is 0 Å².